The van der Waals surface area contributed by atoms with E-state index in [1.54, 1.807) is 0 Å². The summed E-state index contributed by atoms with van der Waals surface area (Å²) in [4.78, 5) is 11.2. The number of hydrogen-bond donors (Lipinski definition) is 0. The average Bonchev–Trinajstić information content (AvgIpc) is 2.62. The van der Waals surface area contributed by atoms with Crippen LogP contribution in [0.1, 0.15) is 34.1 Å². The van der Waals surface area contributed by atoms with Crippen LogP contribution in [-0.4, -0.2) is 26.3 Å². The molecule has 23 heavy (non-hydrogen) atoms. The van der Waals surface area contributed by atoms with Crippen LogP contribution < -0.4 is 0 Å². The highest BCUT2D eigenvalue weighted by Crippen LogP contribution is 2.51. The van der Waals surface area contributed by atoms with E-state index in [9.17, 15) is 4.79 Å². The molecule has 0 radical (unpaired) electrons. The summed E-state index contributed by atoms with van der Waals surface area (Å²) in [5.41, 5.74) is 6.71. The summed E-state index contributed by atoms with van der Waals surface area (Å²) < 4.78 is 10.2. The average molecular weight is 306 g/mol. The highest BCUT2D eigenvalue weighted by Gasteiger charge is 2.37. The number of esters is 1. The monoisotopic (exact) mass is 306 g/mol. The van der Waals surface area contributed by atoms with Gasteiger partial charge in [0, 0.05) is 11.8 Å². The van der Waals surface area contributed by atoms with Crippen LogP contribution in [-0.2, 0) is 14.3 Å². The number of rotatable bonds is 4. The van der Waals surface area contributed by atoms with E-state index in [4.69, 9.17) is 4.74 Å². The molecule has 2 aromatic rings. The number of methoxy groups -OCH3 is 1. The lowest BCUT2D eigenvalue weighted by Crippen LogP contribution is -2.26. The Morgan fingerprint density at radius 3 is 2.09 bits per heavy atom. The van der Waals surface area contributed by atoms with Crippen LogP contribution in [0.5, 0.6) is 0 Å². The molecule has 0 saturated carbocycles. The van der Waals surface area contributed by atoms with Gasteiger partial charge in [0.25, 0.3) is 0 Å². The number of carbonyl (C=O) groups excluding carboxylic acids is 1. The van der Waals surface area contributed by atoms with Crippen LogP contribution in [0.4, 0.5) is 0 Å². The molecule has 0 N–H and O–H groups in total. The van der Waals surface area contributed by atoms with Gasteiger partial charge in [-0.25, -0.2) is 4.79 Å². The van der Waals surface area contributed by atoms with Crippen molar-refractivity contribution in [3.05, 3.63) is 82.4 Å². The molecule has 0 unspecified atom stereocenters. The lowest BCUT2D eigenvalue weighted by Gasteiger charge is -2.39. The minimum Gasteiger partial charge on any atom is -0.467 e. The molecule has 0 fully saturated rings. The third-order valence-electron chi connectivity index (χ3n) is 4.75. The molecule has 0 atom stereocenters. The summed E-state index contributed by atoms with van der Waals surface area (Å²) in [6.45, 7) is 0.452. The van der Waals surface area contributed by atoms with E-state index in [-0.39, 0.29) is 24.4 Å². The van der Waals surface area contributed by atoms with Crippen molar-refractivity contribution in [1.29, 1.82) is 0 Å². The van der Waals surface area contributed by atoms with Crippen molar-refractivity contribution >= 4 is 5.97 Å². The van der Waals surface area contributed by atoms with Gasteiger partial charge in [-0.05, 0) is 27.8 Å². The Hall–Kier alpha value is -2.39. The van der Waals surface area contributed by atoms with Crippen LogP contribution in [0.25, 0.3) is 0 Å². The highest BCUT2D eigenvalue weighted by molar-refractivity contribution is 5.70. The summed E-state index contributed by atoms with van der Waals surface area (Å²) >= 11 is 0. The topological polar surface area (TPSA) is 35.5 Å². The Labute approximate surface area is 135 Å². The van der Waals surface area contributed by atoms with Crippen molar-refractivity contribution in [2.24, 2.45) is 0 Å². The number of benzene rings is 2. The first kappa shape index (κ1) is 14.2. The molecule has 0 amide bonds. The predicted molar refractivity (Wildman–Crippen MR) is 87.5 cm³/mol. The van der Waals surface area contributed by atoms with E-state index in [1.807, 2.05) is 0 Å². The number of allylic oxidation sites excluding steroid dienone is 1. The van der Waals surface area contributed by atoms with Crippen LogP contribution in [0.15, 0.2) is 60.2 Å². The minimum absolute atomic E-state index is 0.00544. The van der Waals surface area contributed by atoms with Crippen LogP contribution in [0.3, 0.4) is 0 Å². The second kappa shape index (κ2) is 5.67. The molecule has 0 aliphatic heterocycles. The van der Waals surface area contributed by atoms with Crippen LogP contribution >= 0.6 is 0 Å². The second-order valence-electron chi connectivity index (χ2n) is 5.98. The molecule has 116 valence electrons. The zero-order valence-electron chi connectivity index (χ0n) is 13.0. The first-order chi connectivity index (χ1) is 11.3. The van der Waals surface area contributed by atoms with E-state index >= 15 is 0 Å². The SMILES string of the molecule is COC(=O)COCC1=CC2c3ccccc3C1c1ccccc12. The van der Waals surface area contributed by atoms with Gasteiger partial charge in [-0.1, -0.05) is 54.6 Å². The molecule has 3 aliphatic carbocycles. The molecule has 0 heterocycles. The van der Waals surface area contributed by atoms with E-state index in [0.29, 0.717) is 6.61 Å². The third kappa shape index (κ3) is 2.28. The maximum Gasteiger partial charge on any atom is 0.331 e. The van der Waals surface area contributed by atoms with Gasteiger partial charge in [-0.2, -0.15) is 0 Å². The Bertz CT molecular complexity index is 743. The molecule has 0 saturated heterocycles. The zero-order valence-corrected chi connectivity index (χ0v) is 13.0. The van der Waals surface area contributed by atoms with E-state index in [2.05, 4.69) is 59.3 Å². The molecule has 3 aliphatic rings. The van der Waals surface area contributed by atoms with Crippen LogP contribution in [0, 0.1) is 0 Å². The lowest BCUT2D eigenvalue weighted by atomic mass is 9.65. The normalized spacial score (nSPS) is 20.5. The maximum atomic E-state index is 11.2. The van der Waals surface area contributed by atoms with E-state index in [1.165, 1.54) is 34.9 Å². The third-order valence-corrected chi connectivity index (χ3v) is 4.75. The van der Waals surface area contributed by atoms with Crippen LogP contribution in [0.2, 0.25) is 0 Å². The molecule has 2 bridgehead atoms. The molecule has 3 nitrogen and oxygen atoms in total. The summed E-state index contributed by atoms with van der Waals surface area (Å²) in [5, 5.41) is 0. The first-order valence-electron chi connectivity index (χ1n) is 7.82. The fourth-order valence-electron chi connectivity index (χ4n) is 3.78. The fraction of sp³-hybridized carbons (Fsp3) is 0.250. The summed E-state index contributed by atoms with van der Waals surface area (Å²) in [6.07, 6.45) is 2.30. The number of hydrogen-bond acceptors (Lipinski definition) is 3. The Morgan fingerprint density at radius 2 is 1.52 bits per heavy atom. The van der Waals surface area contributed by atoms with E-state index < -0.39 is 0 Å². The lowest BCUT2D eigenvalue weighted by molar-refractivity contribution is -0.145. The van der Waals surface area contributed by atoms with Gasteiger partial charge in [0.2, 0.25) is 0 Å². The molecular formula is C20H18O3. The predicted octanol–water partition coefficient (Wildman–Crippen LogP) is 3.39. The smallest absolute Gasteiger partial charge is 0.331 e. The quantitative estimate of drug-likeness (QED) is 0.641. The molecule has 0 aromatic heterocycles. The van der Waals surface area contributed by atoms with E-state index in [0.717, 1.165) is 0 Å². The second-order valence-corrected chi connectivity index (χ2v) is 5.98. The molecular weight excluding hydrogens is 288 g/mol. The Morgan fingerprint density at radius 1 is 0.957 bits per heavy atom. The number of carbonyl (C=O) groups is 1. The fourth-order valence-corrected chi connectivity index (χ4v) is 3.78. The van der Waals surface area contributed by atoms with Gasteiger partial charge in [-0.3, -0.25) is 0 Å². The van der Waals surface area contributed by atoms with Crippen molar-refractivity contribution in [3.8, 4) is 0 Å². The molecule has 3 heteroatoms. The summed E-state index contributed by atoms with van der Waals surface area (Å²) in [7, 11) is 1.38. The molecule has 2 aromatic carbocycles. The Balaban J connectivity index is 1.68. The minimum atomic E-state index is -0.340. The van der Waals surface area contributed by atoms with Gasteiger partial charge in [0.15, 0.2) is 0 Å². The van der Waals surface area contributed by atoms with Gasteiger partial charge < -0.3 is 9.47 Å². The van der Waals surface area contributed by atoms with Gasteiger partial charge >= 0.3 is 5.97 Å². The summed E-state index contributed by atoms with van der Waals surface area (Å²) in [6, 6.07) is 17.2. The van der Waals surface area contributed by atoms with Crippen molar-refractivity contribution < 1.29 is 14.3 Å². The standard InChI is InChI=1S/C20H18O3/c1-22-19(21)12-23-11-13-10-18-14-6-2-4-8-16(14)20(13)17-9-5-3-7-15(17)18/h2-10,18,20H,11-12H2,1H3. The van der Waals surface area contributed by atoms with Gasteiger partial charge in [0.1, 0.15) is 6.61 Å². The number of ether oxygens (including phenoxy) is 2. The van der Waals surface area contributed by atoms with Crippen molar-refractivity contribution in [2.45, 2.75) is 11.8 Å². The highest BCUT2D eigenvalue weighted by atomic mass is 16.6. The zero-order chi connectivity index (χ0) is 15.8. The van der Waals surface area contributed by atoms with Gasteiger partial charge in [-0.15, -0.1) is 0 Å². The van der Waals surface area contributed by atoms with Gasteiger partial charge in [0.05, 0.1) is 13.7 Å². The first-order valence-corrected chi connectivity index (χ1v) is 7.82. The maximum absolute atomic E-state index is 11.2. The van der Waals surface area contributed by atoms with Crippen molar-refractivity contribution in [1.82, 2.24) is 0 Å². The Kier molecular flexibility index (Phi) is 3.50. The summed E-state index contributed by atoms with van der Waals surface area (Å²) in [5.74, 6) is 0.168. The van der Waals surface area contributed by atoms with Crippen molar-refractivity contribution in [3.63, 3.8) is 0 Å². The molecule has 5 rings (SSSR count). The molecule has 0 spiro atoms. The van der Waals surface area contributed by atoms with Crippen molar-refractivity contribution in [2.75, 3.05) is 20.3 Å². The largest absolute Gasteiger partial charge is 0.467 e.